The number of rotatable bonds is 4. The Morgan fingerprint density at radius 3 is 2.75 bits per heavy atom. The molecule has 0 bridgehead atoms. The molecule has 0 radical (unpaired) electrons. The van der Waals surface area contributed by atoms with Crippen LogP contribution in [0.2, 0.25) is 0 Å². The van der Waals surface area contributed by atoms with E-state index in [1.165, 1.54) is 6.42 Å². The van der Waals surface area contributed by atoms with Crippen molar-refractivity contribution in [1.29, 1.82) is 0 Å². The van der Waals surface area contributed by atoms with E-state index in [9.17, 15) is 0 Å². The first-order chi connectivity index (χ1) is 7.63. The van der Waals surface area contributed by atoms with Crippen LogP contribution in [0.3, 0.4) is 0 Å². The zero-order valence-corrected chi connectivity index (χ0v) is 10.5. The van der Waals surface area contributed by atoms with Crippen LogP contribution >= 0.6 is 0 Å². The summed E-state index contributed by atoms with van der Waals surface area (Å²) in [5.74, 6) is 1.79. The highest BCUT2D eigenvalue weighted by Gasteiger charge is 2.31. The number of hydrogen-bond acceptors (Lipinski definition) is 3. The lowest BCUT2D eigenvalue weighted by Crippen LogP contribution is -2.19. The molecule has 3 heteroatoms. The highest BCUT2D eigenvalue weighted by Crippen LogP contribution is 2.30. The largest absolute Gasteiger partial charge is 0.496 e. The van der Waals surface area contributed by atoms with Gasteiger partial charge in [0.1, 0.15) is 5.75 Å². The minimum atomic E-state index is 0.688. The Kier molecular flexibility index (Phi) is 3.15. The molecule has 2 rings (SSSR count). The van der Waals surface area contributed by atoms with E-state index >= 15 is 0 Å². The van der Waals surface area contributed by atoms with Gasteiger partial charge in [-0.2, -0.15) is 0 Å². The lowest BCUT2D eigenvalue weighted by Gasteiger charge is -2.12. The van der Waals surface area contributed by atoms with Crippen LogP contribution in [0.25, 0.3) is 0 Å². The Hall–Kier alpha value is -1.09. The summed E-state index contributed by atoms with van der Waals surface area (Å²) in [4.78, 5) is 4.47. The second kappa shape index (κ2) is 4.42. The first-order valence-electron chi connectivity index (χ1n) is 5.86. The van der Waals surface area contributed by atoms with Crippen molar-refractivity contribution in [3.63, 3.8) is 0 Å². The van der Waals surface area contributed by atoms with E-state index in [4.69, 9.17) is 4.74 Å². The molecular weight excluding hydrogens is 200 g/mol. The van der Waals surface area contributed by atoms with Crippen molar-refractivity contribution in [2.24, 2.45) is 5.92 Å². The molecule has 16 heavy (non-hydrogen) atoms. The van der Waals surface area contributed by atoms with Crippen molar-refractivity contribution in [2.75, 3.05) is 7.11 Å². The lowest BCUT2D eigenvalue weighted by molar-refractivity contribution is 0.406. The Morgan fingerprint density at radius 1 is 1.50 bits per heavy atom. The standard InChI is InChI=1S/C13H20N2O/c1-8-5-11(8)15-7-12-10(3)13(16-4)9(2)6-14-12/h6,8,11,15H,5,7H2,1-4H3. The molecule has 1 N–H and O–H groups in total. The van der Waals surface area contributed by atoms with Gasteiger partial charge in [0, 0.05) is 29.9 Å². The van der Waals surface area contributed by atoms with Crippen molar-refractivity contribution in [1.82, 2.24) is 10.3 Å². The molecule has 0 spiro atoms. The van der Waals surface area contributed by atoms with E-state index in [0.29, 0.717) is 6.04 Å². The van der Waals surface area contributed by atoms with Gasteiger partial charge in [0.15, 0.2) is 0 Å². The molecule has 1 saturated carbocycles. The predicted octanol–water partition coefficient (Wildman–Crippen LogP) is 2.21. The fourth-order valence-electron chi connectivity index (χ4n) is 2.08. The summed E-state index contributed by atoms with van der Waals surface area (Å²) < 4.78 is 5.39. The summed E-state index contributed by atoms with van der Waals surface area (Å²) in [6, 6.07) is 0.688. The van der Waals surface area contributed by atoms with Gasteiger partial charge in [-0.3, -0.25) is 4.98 Å². The van der Waals surface area contributed by atoms with E-state index < -0.39 is 0 Å². The second-order valence-corrected chi connectivity index (χ2v) is 4.75. The van der Waals surface area contributed by atoms with Crippen LogP contribution in [0.15, 0.2) is 6.20 Å². The normalized spacial score (nSPS) is 23.2. The molecule has 1 fully saturated rings. The van der Waals surface area contributed by atoms with Crippen LogP contribution in [0.4, 0.5) is 0 Å². The smallest absolute Gasteiger partial charge is 0.128 e. The van der Waals surface area contributed by atoms with Gasteiger partial charge in [-0.25, -0.2) is 0 Å². The highest BCUT2D eigenvalue weighted by molar-refractivity contribution is 5.41. The number of pyridine rings is 1. The summed E-state index contributed by atoms with van der Waals surface area (Å²) in [5.41, 5.74) is 3.35. The maximum absolute atomic E-state index is 5.39. The first kappa shape index (κ1) is 11.4. The van der Waals surface area contributed by atoms with Crippen molar-refractivity contribution < 1.29 is 4.74 Å². The molecule has 1 aliphatic rings. The molecule has 0 amide bonds. The van der Waals surface area contributed by atoms with Crippen LogP contribution in [0.5, 0.6) is 5.75 Å². The maximum Gasteiger partial charge on any atom is 0.128 e. The second-order valence-electron chi connectivity index (χ2n) is 4.75. The number of hydrogen-bond donors (Lipinski definition) is 1. The summed E-state index contributed by atoms with van der Waals surface area (Å²) in [5, 5.41) is 3.52. The third-order valence-electron chi connectivity index (χ3n) is 3.39. The lowest BCUT2D eigenvalue weighted by atomic mass is 10.1. The van der Waals surface area contributed by atoms with Gasteiger partial charge in [0.05, 0.1) is 12.8 Å². The molecule has 0 aliphatic heterocycles. The first-order valence-corrected chi connectivity index (χ1v) is 5.86. The number of methoxy groups -OCH3 is 1. The van der Waals surface area contributed by atoms with E-state index in [-0.39, 0.29) is 0 Å². The zero-order chi connectivity index (χ0) is 11.7. The van der Waals surface area contributed by atoms with Crippen molar-refractivity contribution >= 4 is 0 Å². The Balaban J connectivity index is 2.08. The predicted molar refractivity (Wildman–Crippen MR) is 64.7 cm³/mol. The fraction of sp³-hybridized carbons (Fsp3) is 0.615. The van der Waals surface area contributed by atoms with Crippen LogP contribution < -0.4 is 10.1 Å². The molecule has 1 aromatic heterocycles. The van der Waals surface area contributed by atoms with Crippen molar-refractivity contribution in [3.05, 3.63) is 23.0 Å². The molecule has 2 unspecified atom stereocenters. The summed E-state index contributed by atoms with van der Waals surface area (Å²) in [7, 11) is 1.72. The van der Waals surface area contributed by atoms with Gasteiger partial charge in [0.25, 0.3) is 0 Å². The number of aryl methyl sites for hydroxylation is 1. The Bertz CT molecular complexity index is 390. The van der Waals surface area contributed by atoms with Gasteiger partial charge in [0.2, 0.25) is 0 Å². The number of ether oxygens (including phenoxy) is 1. The molecule has 1 aromatic rings. The summed E-state index contributed by atoms with van der Waals surface area (Å²) in [6.45, 7) is 7.22. The summed E-state index contributed by atoms with van der Waals surface area (Å²) >= 11 is 0. The quantitative estimate of drug-likeness (QED) is 0.844. The molecule has 0 aromatic carbocycles. The molecule has 1 aliphatic carbocycles. The minimum absolute atomic E-state index is 0.688. The number of nitrogens with zero attached hydrogens (tertiary/aromatic N) is 1. The van der Waals surface area contributed by atoms with Crippen molar-refractivity contribution in [2.45, 2.75) is 39.8 Å². The third kappa shape index (κ3) is 2.19. The van der Waals surface area contributed by atoms with Crippen LogP contribution in [0, 0.1) is 19.8 Å². The highest BCUT2D eigenvalue weighted by atomic mass is 16.5. The number of aromatic nitrogens is 1. The Labute approximate surface area is 97.2 Å². The van der Waals surface area contributed by atoms with Gasteiger partial charge >= 0.3 is 0 Å². The molecule has 0 saturated heterocycles. The molecule has 3 nitrogen and oxygen atoms in total. The van der Waals surface area contributed by atoms with E-state index in [0.717, 1.165) is 35.0 Å². The monoisotopic (exact) mass is 220 g/mol. The molecule has 1 heterocycles. The average Bonchev–Trinajstić information content (AvgIpc) is 2.94. The molecular formula is C13H20N2O. The van der Waals surface area contributed by atoms with E-state index in [2.05, 4.69) is 24.1 Å². The molecule has 2 atom stereocenters. The van der Waals surface area contributed by atoms with Gasteiger partial charge in [-0.15, -0.1) is 0 Å². The Morgan fingerprint density at radius 2 is 2.19 bits per heavy atom. The fourth-order valence-corrected chi connectivity index (χ4v) is 2.08. The zero-order valence-electron chi connectivity index (χ0n) is 10.5. The topological polar surface area (TPSA) is 34.1 Å². The molecule has 88 valence electrons. The minimum Gasteiger partial charge on any atom is -0.496 e. The van der Waals surface area contributed by atoms with E-state index in [1.54, 1.807) is 7.11 Å². The van der Waals surface area contributed by atoms with E-state index in [1.807, 2.05) is 13.1 Å². The van der Waals surface area contributed by atoms with Gasteiger partial charge < -0.3 is 10.1 Å². The van der Waals surface area contributed by atoms with Crippen LogP contribution in [-0.2, 0) is 6.54 Å². The summed E-state index contributed by atoms with van der Waals surface area (Å²) in [6.07, 6.45) is 3.18. The number of nitrogens with one attached hydrogen (secondary N) is 1. The third-order valence-corrected chi connectivity index (χ3v) is 3.39. The van der Waals surface area contributed by atoms with Gasteiger partial charge in [-0.1, -0.05) is 6.92 Å². The average molecular weight is 220 g/mol. The van der Waals surface area contributed by atoms with Crippen LogP contribution in [0.1, 0.15) is 30.2 Å². The van der Waals surface area contributed by atoms with Gasteiger partial charge in [-0.05, 0) is 26.2 Å². The SMILES string of the molecule is COc1c(C)cnc(CNC2CC2C)c1C. The van der Waals surface area contributed by atoms with Crippen LogP contribution in [-0.4, -0.2) is 18.1 Å². The maximum atomic E-state index is 5.39. The van der Waals surface area contributed by atoms with Crippen molar-refractivity contribution in [3.8, 4) is 5.75 Å².